The van der Waals surface area contributed by atoms with Crippen molar-refractivity contribution in [3.8, 4) is 34.6 Å². The molecule has 0 aliphatic heterocycles. The Hall–Kier alpha value is -4.62. The number of rotatable bonds is 17. The van der Waals surface area contributed by atoms with Crippen molar-refractivity contribution >= 4 is 35.1 Å². The molecule has 0 saturated heterocycles. The number of carboxylic acids is 2. The number of aliphatic carboxylic acids is 2. The van der Waals surface area contributed by atoms with Gasteiger partial charge in [0.1, 0.15) is 23.3 Å². The second-order valence-corrected chi connectivity index (χ2v) is 11.5. The number of hydrogen-bond donors (Lipinski definition) is 4. The number of hydrogen-bond acceptors (Lipinski definition) is 10. The van der Waals surface area contributed by atoms with E-state index in [4.69, 9.17) is 52.4 Å². The quantitative estimate of drug-likeness (QED) is 0.108. The molecule has 0 unspecified atom stereocenters. The topological polar surface area (TPSA) is 161 Å². The molecule has 12 nitrogen and oxygen atoms in total. The second-order valence-electron chi connectivity index (χ2n) is 10.6. The first kappa shape index (κ1) is 36.2. The average Bonchev–Trinajstić information content (AvgIpc) is 3.05. The molecule has 0 fully saturated rings. The molecule has 4 N–H and O–H groups in total. The third-order valence-electron chi connectivity index (χ3n) is 7.45. The van der Waals surface area contributed by atoms with Crippen LogP contribution in [0.5, 0.6) is 23.5 Å². The highest BCUT2D eigenvalue weighted by molar-refractivity contribution is 6.32. The molecule has 2 aromatic heterocycles. The summed E-state index contributed by atoms with van der Waals surface area (Å²) >= 11 is 12.9. The van der Waals surface area contributed by atoms with Crippen LogP contribution in [0.2, 0.25) is 10.0 Å². The lowest BCUT2D eigenvalue weighted by molar-refractivity contribution is -0.137. The van der Waals surface area contributed by atoms with E-state index in [0.717, 1.165) is 33.4 Å². The molecule has 48 heavy (non-hydrogen) atoms. The van der Waals surface area contributed by atoms with E-state index in [0.29, 0.717) is 11.1 Å². The van der Waals surface area contributed by atoms with Gasteiger partial charge in [-0.2, -0.15) is 9.97 Å². The highest BCUT2D eigenvalue weighted by atomic mass is 35.5. The minimum atomic E-state index is -0.975. The Bertz CT molecular complexity index is 1660. The standard InChI is InChI=1S/C34H36Cl2N4O8/c1-19-21(17-47-33-27(35)11-23(31(39-33)45-3)13-37-15-29(41)42)7-5-9-25(19)26-10-6-8-22(20(26)2)18-48-34-28(36)12-24(32(40-34)46-4)14-38-16-30(43)44/h5-12,37-38H,13-18H2,1-4H3,(H,41,42)(H,43,44). The molecule has 14 heteroatoms. The highest BCUT2D eigenvalue weighted by Gasteiger charge is 2.17. The SMILES string of the molecule is COc1nc(OCc2cccc(-c3cccc(COc4nc(OC)c(CNCC(=O)O)cc4Cl)c3C)c2C)c(Cl)cc1CNCC(=O)O. The van der Waals surface area contributed by atoms with Gasteiger partial charge in [-0.15, -0.1) is 0 Å². The van der Waals surface area contributed by atoms with Crippen LogP contribution in [0.25, 0.3) is 11.1 Å². The van der Waals surface area contributed by atoms with Gasteiger partial charge in [0.15, 0.2) is 0 Å². The number of pyridine rings is 2. The summed E-state index contributed by atoms with van der Waals surface area (Å²) in [7, 11) is 2.94. The zero-order valence-corrected chi connectivity index (χ0v) is 28.4. The maximum Gasteiger partial charge on any atom is 0.317 e. The maximum absolute atomic E-state index is 10.8. The Labute approximate surface area is 287 Å². The van der Waals surface area contributed by atoms with Crippen LogP contribution in [0.3, 0.4) is 0 Å². The fourth-order valence-electron chi connectivity index (χ4n) is 4.96. The summed E-state index contributed by atoms with van der Waals surface area (Å²) in [6, 6.07) is 15.2. The number of carboxylic acid groups (broad SMARTS) is 2. The normalized spacial score (nSPS) is 10.9. The molecule has 4 rings (SSSR count). The van der Waals surface area contributed by atoms with Crippen LogP contribution in [0.15, 0.2) is 48.5 Å². The molecule has 4 aromatic rings. The van der Waals surface area contributed by atoms with Crippen molar-refractivity contribution < 1.29 is 38.7 Å². The van der Waals surface area contributed by atoms with Crippen molar-refractivity contribution in [1.82, 2.24) is 20.6 Å². The highest BCUT2D eigenvalue weighted by Crippen LogP contribution is 2.34. The number of aromatic nitrogens is 2. The van der Waals surface area contributed by atoms with Crippen molar-refractivity contribution in [3.63, 3.8) is 0 Å². The molecule has 0 amide bonds. The summed E-state index contributed by atoms with van der Waals surface area (Å²) in [5.41, 5.74) is 7.12. The molecule has 254 valence electrons. The van der Waals surface area contributed by atoms with E-state index in [-0.39, 0.29) is 73.0 Å². The molecular formula is C34H36Cl2N4O8. The molecule has 0 spiro atoms. The van der Waals surface area contributed by atoms with Gasteiger partial charge >= 0.3 is 11.9 Å². The van der Waals surface area contributed by atoms with Crippen LogP contribution in [0, 0.1) is 13.8 Å². The molecule has 0 aliphatic rings. The minimum absolute atomic E-state index is 0.196. The first-order valence-electron chi connectivity index (χ1n) is 14.8. The van der Waals surface area contributed by atoms with Crippen molar-refractivity contribution in [3.05, 3.63) is 92.0 Å². The van der Waals surface area contributed by atoms with Crippen molar-refractivity contribution in [2.24, 2.45) is 0 Å². The van der Waals surface area contributed by atoms with Crippen molar-refractivity contribution in [1.29, 1.82) is 0 Å². The Balaban J connectivity index is 1.49. The smallest absolute Gasteiger partial charge is 0.317 e. The molecule has 2 heterocycles. The number of ether oxygens (including phenoxy) is 4. The van der Waals surface area contributed by atoms with Crippen molar-refractivity contribution in [2.45, 2.75) is 40.2 Å². The lowest BCUT2D eigenvalue weighted by Crippen LogP contribution is -2.22. The van der Waals surface area contributed by atoms with E-state index in [9.17, 15) is 9.59 Å². The van der Waals surface area contributed by atoms with Gasteiger partial charge in [0.2, 0.25) is 23.5 Å². The largest absolute Gasteiger partial charge is 0.481 e. The second kappa shape index (κ2) is 17.0. The van der Waals surface area contributed by atoms with Gasteiger partial charge in [0.25, 0.3) is 0 Å². The lowest BCUT2D eigenvalue weighted by atomic mass is 9.92. The summed E-state index contributed by atoms with van der Waals surface area (Å²) in [5, 5.41) is 23.9. The Kier molecular flexibility index (Phi) is 12.8. The van der Waals surface area contributed by atoms with Gasteiger partial charge in [-0.25, -0.2) is 0 Å². The summed E-state index contributed by atoms with van der Waals surface area (Å²) in [5.74, 6) is -0.987. The fourth-order valence-corrected chi connectivity index (χ4v) is 5.42. The number of carbonyl (C=O) groups is 2. The predicted octanol–water partition coefficient (Wildman–Crippen LogP) is 5.59. The van der Waals surface area contributed by atoms with Crippen LogP contribution in [-0.4, -0.2) is 59.4 Å². The van der Waals surface area contributed by atoms with Gasteiger partial charge in [-0.05, 0) is 59.4 Å². The third-order valence-corrected chi connectivity index (χ3v) is 7.99. The zero-order chi connectivity index (χ0) is 34.8. The molecule has 0 aliphatic carbocycles. The fraction of sp³-hybridized carbons (Fsp3) is 0.294. The van der Waals surface area contributed by atoms with E-state index >= 15 is 0 Å². The van der Waals surface area contributed by atoms with E-state index in [1.807, 2.05) is 50.2 Å². The van der Waals surface area contributed by atoms with Crippen LogP contribution >= 0.6 is 23.2 Å². The zero-order valence-electron chi connectivity index (χ0n) is 26.9. The Morgan fingerprint density at radius 3 is 1.42 bits per heavy atom. The van der Waals surface area contributed by atoms with Crippen LogP contribution in [0.1, 0.15) is 33.4 Å². The molecular weight excluding hydrogens is 663 g/mol. The van der Waals surface area contributed by atoms with Gasteiger partial charge in [0, 0.05) is 24.2 Å². The summed E-state index contributed by atoms with van der Waals surface area (Å²) in [6.07, 6.45) is 0. The number of nitrogens with one attached hydrogen (secondary N) is 2. The van der Waals surface area contributed by atoms with Crippen LogP contribution < -0.4 is 29.6 Å². The van der Waals surface area contributed by atoms with Gasteiger partial charge in [0.05, 0.1) is 27.3 Å². The third kappa shape index (κ3) is 9.26. The number of methoxy groups -OCH3 is 2. The minimum Gasteiger partial charge on any atom is -0.481 e. The van der Waals surface area contributed by atoms with Crippen molar-refractivity contribution in [2.75, 3.05) is 27.3 Å². The summed E-state index contributed by atoms with van der Waals surface area (Å²) in [4.78, 5) is 30.5. The number of nitrogens with zero attached hydrogens (tertiary/aromatic N) is 2. The van der Waals surface area contributed by atoms with Crippen LogP contribution in [0.4, 0.5) is 0 Å². The van der Waals surface area contributed by atoms with Gasteiger partial charge in [-0.3, -0.25) is 9.59 Å². The van der Waals surface area contributed by atoms with E-state index in [1.54, 1.807) is 12.1 Å². The maximum atomic E-state index is 10.8. The molecule has 0 saturated carbocycles. The first-order chi connectivity index (χ1) is 23.0. The molecule has 0 bridgehead atoms. The molecule has 0 atom stereocenters. The number of benzene rings is 2. The average molecular weight is 700 g/mol. The predicted molar refractivity (Wildman–Crippen MR) is 180 cm³/mol. The Morgan fingerprint density at radius 1 is 0.667 bits per heavy atom. The first-order valence-corrected chi connectivity index (χ1v) is 15.5. The van der Waals surface area contributed by atoms with E-state index < -0.39 is 11.9 Å². The monoisotopic (exact) mass is 698 g/mol. The molecule has 0 radical (unpaired) electrons. The summed E-state index contributed by atoms with van der Waals surface area (Å²) in [6.45, 7) is 4.43. The van der Waals surface area contributed by atoms with Gasteiger partial charge in [-0.1, -0.05) is 59.6 Å². The van der Waals surface area contributed by atoms with Gasteiger partial charge < -0.3 is 39.8 Å². The van der Waals surface area contributed by atoms with E-state index in [1.165, 1.54) is 14.2 Å². The summed E-state index contributed by atoms with van der Waals surface area (Å²) < 4.78 is 22.8. The lowest BCUT2D eigenvalue weighted by Gasteiger charge is -2.17. The number of halogens is 2. The van der Waals surface area contributed by atoms with Crippen LogP contribution in [-0.2, 0) is 35.9 Å². The Morgan fingerprint density at radius 2 is 1.06 bits per heavy atom. The van der Waals surface area contributed by atoms with E-state index in [2.05, 4.69) is 20.6 Å². The molecule has 2 aromatic carbocycles.